The van der Waals surface area contributed by atoms with Gasteiger partial charge in [-0.2, -0.15) is 0 Å². The summed E-state index contributed by atoms with van der Waals surface area (Å²) < 4.78 is 15.2. The van der Waals surface area contributed by atoms with Crippen molar-refractivity contribution in [3.63, 3.8) is 0 Å². The van der Waals surface area contributed by atoms with E-state index in [2.05, 4.69) is 11.4 Å². The minimum absolute atomic E-state index is 0.0287. The molecule has 0 aliphatic carbocycles. The predicted molar refractivity (Wildman–Crippen MR) is 68.0 cm³/mol. The number of hydrogen-bond acceptors (Lipinski definition) is 5. The second-order valence-electron chi connectivity index (χ2n) is 3.48. The molecular formula is C13H18NO5. The van der Waals surface area contributed by atoms with Crippen LogP contribution in [0.25, 0.3) is 0 Å². The molecule has 0 bridgehead atoms. The van der Waals surface area contributed by atoms with Gasteiger partial charge in [0.1, 0.15) is 19.0 Å². The Morgan fingerprint density at radius 1 is 1.21 bits per heavy atom. The van der Waals surface area contributed by atoms with Crippen molar-refractivity contribution in [2.75, 3.05) is 39.6 Å². The molecule has 0 aromatic heterocycles. The summed E-state index contributed by atoms with van der Waals surface area (Å²) >= 11 is 0. The van der Waals surface area contributed by atoms with E-state index in [1.165, 1.54) is 0 Å². The topological polar surface area (TPSA) is 77.0 Å². The molecule has 105 valence electrons. The Kier molecular flexibility index (Phi) is 8.17. The van der Waals surface area contributed by atoms with Gasteiger partial charge < -0.3 is 24.6 Å². The molecule has 1 radical (unpaired) electrons. The third-order valence-electron chi connectivity index (χ3n) is 2.02. The lowest BCUT2D eigenvalue weighted by Gasteiger charge is -2.08. The first-order valence-corrected chi connectivity index (χ1v) is 6.01. The van der Waals surface area contributed by atoms with Crippen LogP contribution in [0.4, 0.5) is 4.79 Å². The van der Waals surface area contributed by atoms with Crippen LogP contribution < -0.4 is 10.1 Å². The molecule has 0 atom stereocenters. The van der Waals surface area contributed by atoms with Gasteiger partial charge in [0.05, 0.1) is 19.8 Å². The molecule has 2 N–H and O–H groups in total. The molecule has 1 aromatic carbocycles. The second-order valence-corrected chi connectivity index (χ2v) is 3.48. The zero-order chi connectivity index (χ0) is 13.8. The predicted octanol–water partition coefficient (Wildman–Crippen LogP) is 0.601. The fourth-order valence-electron chi connectivity index (χ4n) is 1.20. The molecule has 1 aromatic rings. The summed E-state index contributed by atoms with van der Waals surface area (Å²) in [5.41, 5.74) is 0. The van der Waals surface area contributed by atoms with Gasteiger partial charge in [-0.25, -0.2) is 4.79 Å². The van der Waals surface area contributed by atoms with Crippen LogP contribution in [0.15, 0.2) is 24.3 Å². The van der Waals surface area contributed by atoms with Crippen molar-refractivity contribution in [1.29, 1.82) is 0 Å². The van der Waals surface area contributed by atoms with Crippen molar-refractivity contribution in [1.82, 2.24) is 5.32 Å². The molecule has 0 aliphatic rings. The number of benzene rings is 1. The molecule has 19 heavy (non-hydrogen) atoms. The first-order chi connectivity index (χ1) is 9.33. The van der Waals surface area contributed by atoms with E-state index in [0.717, 1.165) is 0 Å². The van der Waals surface area contributed by atoms with Gasteiger partial charge >= 0.3 is 6.09 Å². The molecule has 0 unspecified atom stereocenters. The van der Waals surface area contributed by atoms with E-state index in [-0.39, 0.29) is 19.8 Å². The summed E-state index contributed by atoms with van der Waals surface area (Å²) in [5.74, 6) is 0.708. The van der Waals surface area contributed by atoms with Crippen molar-refractivity contribution < 1.29 is 24.1 Å². The van der Waals surface area contributed by atoms with Gasteiger partial charge in [-0.05, 0) is 18.2 Å². The van der Waals surface area contributed by atoms with Gasteiger partial charge in [0.15, 0.2) is 0 Å². The number of aliphatic hydroxyl groups excluding tert-OH is 1. The first kappa shape index (κ1) is 15.3. The number of ether oxygens (including phenoxy) is 3. The third-order valence-corrected chi connectivity index (χ3v) is 2.02. The Balaban J connectivity index is 1.95. The number of nitrogens with one attached hydrogen (secondary N) is 1. The minimum Gasteiger partial charge on any atom is -0.490 e. The van der Waals surface area contributed by atoms with Crippen LogP contribution in [0.5, 0.6) is 5.75 Å². The van der Waals surface area contributed by atoms with Gasteiger partial charge in [-0.15, -0.1) is 0 Å². The zero-order valence-corrected chi connectivity index (χ0v) is 10.6. The lowest BCUT2D eigenvalue weighted by atomic mass is 10.3. The SMILES string of the molecule is O=C(NCCOCCO)OCCOc1cc[c]cc1. The summed E-state index contributed by atoms with van der Waals surface area (Å²) in [5, 5.41) is 11.0. The van der Waals surface area contributed by atoms with Gasteiger partial charge in [0.2, 0.25) is 0 Å². The Morgan fingerprint density at radius 3 is 2.74 bits per heavy atom. The van der Waals surface area contributed by atoms with Crippen molar-refractivity contribution in [2.24, 2.45) is 0 Å². The maximum absolute atomic E-state index is 11.2. The Bertz CT molecular complexity index is 344. The second kappa shape index (κ2) is 10.2. The lowest BCUT2D eigenvalue weighted by molar-refractivity contribution is 0.0889. The van der Waals surface area contributed by atoms with Crippen molar-refractivity contribution in [3.05, 3.63) is 30.3 Å². The highest BCUT2D eigenvalue weighted by molar-refractivity contribution is 5.67. The Labute approximate surface area is 112 Å². The highest BCUT2D eigenvalue weighted by Crippen LogP contribution is 2.07. The van der Waals surface area contributed by atoms with E-state index < -0.39 is 6.09 Å². The van der Waals surface area contributed by atoms with Crippen molar-refractivity contribution in [3.8, 4) is 5.75 Å². The Hall–Kier alpha value is -1.79. The summed E-state index contributed by atoms with van der Waals surface area (Å²) in [6.07, 6.45) is -0.516. The molecule has 0 fully saturated rings. The van der Waals surface area contributed by atoms with Crippen LogP contribution >= 0.6 is 0 Å². The number of rotatable bonds is 9. The largest absolute Gasteiger partial charge is 0.490 e. The maximum Gasteiger partial charge on any atom is 0.407 e. The van der Waals surface area contributed by atoms with Crippen LogP contribution in [0, 0.1) is 6.07 Å². The normalized spacial score (nSPS) is 9.95. The van der Waals surface area contributed by atoms with E-state index in [0.29, 0.717) is 25.5 Å². The molecule has 0 spiro atoms. The highest BCUT2D eigenvalue weighted by Gasteiger charge is 2.00. The number of carbonyl (C=O) groups is 1. The average Bonchev–Trinajstić information content (AvgIpc) is 2.44. The van der Waals surface area contributed by atoms with Gasteiger partial charge in [-0.3, -0.25) is 0 Å². The molecule has 0 saturated carbocycles. The monoisotopic (exact) mass is 268 g/mol. The van der Waals surface area contributed by atoms with Crippen LogP contribution in [0.2, 0.25) is 0 Å². The average molecular weight is 268 g/mol. The molecule has 0 aliphatic heterocycles. The van der Waals surface area contributed by atoms with E-state index in [1.54, 1.807) is 24.3 Å². The Morgan fingerprint density at radius 2 is 2.00 bits per heavy atom. The molecule has 1 rings (SSSR count). The standard InChI is InChI=1S/C13H18NO5/c15-7-9-17-8-6-14-13(16)19-11-10-18-12-4-2-1-3-5-12/h2-5,15H,6-11H2,(H,14,16). The van der Waals surface area contributed by atoms with E-state index in [1.807, 2.05) is 0 Å². The van der Waals surface area contributed by atoms with Gasteiger partial charge in [0.25, 0.3) is 0 Å². The molecule has 0 saturated heterocycles. The van der Waals surface area contributed by atoms with Crippen LogP contribution in [-0.4, -0.2) is 50.8 Å². The smallest absolute Gasteiger partial charge is 0.407 e. The summed E-state index contributed by atoms with van der Waals surface area (Å²) in [4.78, 5) is 11.2. The molecule has 0 heterocycles. The molecule has 6 heteroatoms. The summed E-state index contributed by atoms with van der Waals surface area (Å²) in [6, 6.07) is 9.92. The fourth-order valence-corrected chi connectivity index (χ4v) is 1.20. The van der Waals surface area contributed by atoms with Crippen LogP contribution in [0.1, 0.15) is 0 Å². The van der Waals surface area contributed by atoms with Gasteiger partial charge in [-0.1, -0.05) is 12.1 Å². The van der Waals surface area contributed by atoms with Crippen molar-refractivity contribution in [2.45, 2.75) is 0 Å². The summed E-state index contributed by atoms with van der Waals surface area (Å²) in [6.45, 7) is 1.37. The summed E-state index contributed by atoms with van der Waals surface area (Å²) in [7, 11) is 0. The first-order valence-electron chi connectivity index (χ1n) is 6.01. The maximum atomic E-state index is 11.2. The number of aliphatic hydroxyl groups is 1. The highest BCUT2D eigenvalue weighted by atomic mass is 16.6. The lowest BCUT2D eigenvalue weighted by Crippen LogP contribution is -2.29. The number of hydrogen-bond donors (Lipinski definition) is 2. The fraction of sp³-hybridized carbons (Fsp3) is 0.462. The molecular weight excluding hydrogens is 250 g/mol. The van der Waals surface area contributed by atoms with Crippen LogP contribution in [-0.2, 0) is 9.47 Å². The van der Waals surface area contributed by atoms with Crippen molar-refractivity contribution >= 4 is 6.09 Å². The van der Waals surface area contributed by atoms with Gasteiger partial charge in [0, 0.05) is 6.54 Å². The number of carbonyl (C=O) groups excluding carboxylic acids is 1. The number of alkyl carbamates (subject to hydrolysis) is 1. The molecule has 6 nitrogen and oxygen atoms in total. The van der Waals surface area contributed by atoms with E-state index >= 15 is 0 Å². The quantitative estimate of drug-likeness (QED) is 0.641. The van der Waals surface area contributed by atoms with E-state index in [4.69, 9.17) is 19.3 Å². The minimum atomic E-state index is -0.516. The zero-order valence-electron chi connectivity index (χ0n) is 10.6. The number of amides is 1. The van der Waals surface area contributed by atoms with E-state index in [9.17, 15) is 4.79 Å². The third kappa shape index (κ3) is 8.01. The van der Waals surface area contributed by atoms with Crippen LogP contribution in [0.3, 0.4) is 0 Å². The molecule has 1 amide bonds.